The molecule has 16 heavy (non-hydrogen) atoms. The molecule has 0 aliphatic carbocycles. The molecule has 1 heterocycles. The van der Waals surface area contributed by atoms with Crippen LogP contribution in [0.4, 0.5) is 20.2 Å². The predicted molar refractivity (Wildman–Crippen MR) is 61.9 cm³/mol. The van der Waals surface area contributed by atoms with Crippen LogP contribution in [0.1, 0.15) is 13.8 Å². The molecule has 2 rings (SSSR count). The largest absolute Gasteiger partial charge is 0.383 e. The Kier molecular flexibility index (Phi) is 2.52. The molecule has 2 nitrogen and oxygen atoms in total. The van der Waals surface area contributed by atoms with Gasteiger partial charge in [-0.1, -0.05) is 13.8 Å². The lowest BCUT2D eigenvalue weighted by molar-refractivity contribution is 0.401. The highest BCUT2D eigenvalue weighted by Crippen LogP contribution is 2.35. The van der Waals surface area contributed by atoms with Crippen molar-refractivity contribution in [2.24, 2.45) is 5.41 Å². The molecule has 88 valence electrons. The fourth-order valence-electron chi connectivity index (χ4n) is 2.20. The van der Waals surface area contributed by atoms with Crippen molar-refractivity contribution in [2.75, 3.05) is 30.4 Å². The van der Waals surface area contributed by atoms with Crippen LogP contribution in [0.3, 0.4) is 0 Å². The van der Waals surface area contributed by atoms with E-state index in [1.165, 1.54) is 6.07 Å². The minimum atomic E-state index is -0.545. The van der Waals surface area contributed by atoms with E-state index in [2.05, 4.69) is 19.2 Å². The summed E-state index contributed by atoms with van der Waals surface area (Å²) >= 11 is 0. The van der Waals surface area contributed by atoms with E-state index in [9.17, 15) is 8.78 Å². The molecule has 1 aliphatic rings. The molecule has 0 fully saturated rings. The Labute approximate surface area is 94.3 Å². The lowest BCUT2D eigenvalue weighted by atomic mass is 9.93. The van der Waals surface area contributed by atoms with E-state index >= 15 is 0 Å². The maximum atomic E-state index is 13.7. The van der Waals surface area contributed by atoms with Crippen molar-refractivity contribution < 1.29 is 8.78 Å². The van der Waals surface area contributed by atoms with Crippen LogP contribution in [0.5, 0.6) is 0 Å². The number of nitrogens with zero attached hydrogens (tertiary/aromatic N) is 1. The smallest absolute Gasteiger partial charge is 0.151 e. The molecular weight excluding hydrogens is 210 g/mol. The molecular formula is C12H16F2N2. The predicted octanol–water partition coefficient (Wildman–Crippen LogP) is 2.85. The molecule has 1 aromatic carbocycles. The third-order valence-corrected chi connectivity index (χ3v) is 2.83. The van der Waals surface area contributed by atoms with Crippen molar-refractivity contribution in [1.82, 2.24) is 0 Å². The Morgan fingerprint density at radius 2 is 2.00 bits per heavy atom. The average Bonchev–Trinajstić information content (AvgIpc) is 2.22. The Morgan fingerprint density at radius 3 is 2.69 bits per heavy atom. The van der Waals surface area contributed by atoms with Crippen molar-refractivity contribution in [3.05, 3.63) is 23.8 Å². The van der Waals surface area contributed by atoms with Crippen LogP contribution in [0.15, 0.2) is 12.1 Å². The quantitative estimate of drug-likeness (QED) is 0.731. The second kappa shape index (κ2) is 3.61. The average molecular weight is 226 g/mol. The zero-order valence-electron chi connectivity index (χ0n) is 9.77. The zero-order valence-corrected chi connectivity index (χ0v) is 9.77. The highest BCUT2D eigenvalue weighted by molar-refractivity contribution is 5.71. The summed E-state index contributed by atoms with van der Waals surface area (Å²) in [6.07, 6.45) is 0. The molecule has 0 saturated heterocycles. The van der Waals surface area contributed by atoms with Gasteiger partial charge in [-0.25, -0.2) is 8.78 Å². The lowest BCUT2D eigenvalue weighted by Crippen LogP contribution is -2.33. The molecule has 0 radical (unpaired) electrons. The van der Waals surface area contributed by atoms with E-state index in [0.717, 1.165) is 12.6 Å². The number of rotatable bonds is 0. The van der Waals surface area contributed by atoms with Gasteiger partial charge < -0.3 is 10.2 Å². The van der Waals surface area contributed by atoms with E-state index in [0.29, 0.717) is 17.9 Å². The van der Waals surface area contributed by atoms with Gasteiger partial charge in [-0.2, -0.15) is 0 Å². The van der Waals surface area contributed by atoms with Crippen molar-refractivity contribution in [2.45, 2.75) is 13.8 Å². The molecule has 4 heteroatoms. The van der Waals surface area contributed by atoms with Gasteiger partial charge in [0, 0.05) is 26.2 Å². The molecule has 1 aromatic rings. The van der Waals surface area contributed by atoms with Crippen LogP contribution in [0.2, 0.25) is 0 Å². The fraction of sp³-hybridized carbons (Fsp3) is 0.500. The second-order valence-corrected chi connectivity index (χ2v) is 5.16. The van der Waals surface area contributed by atoms with Gasteiger partial charge in [-0.15, -0.1) is 0 Å². The van der Waals surface area contributed by atoms with Gasteiger partial charge >= 0.3 is 0 Å². The van der Waals surface area contributed by atoms with Crippen molar-refractivity contribution in [1.29, 1.82) is 0 Å². The number of anilines is 2. The molecule has 0 bridgehead atoms. The zero-order chi connectivity index (χ0) is 11.9. The number of halogens is 2. The first-order valence-electron chi connectivity index (χ1n) is 5.33. The molecule has 0 aromatic heterocycles. The maximum absolute atomic E-state index is 13.7. The van der Waals surface area contributed by atoms with E-state index in [1.807, 2.05) is 11.9 Å². The SMILES string of the molecule is CN1CC(C)(C)CNc2cc(F)cc(F)c21. The van der Waals surface area contributed by atoms with Crippen LogP contribution in [0, 0.1) is 17.0 Å². The molecule has 0 amide bonds. The Morgan fingerprint density at radius 1 is 1.31 bits per heavy atom. The summed E-state index contributed by atoms with van der Waals surface area (Å²) in [7, 11) is 1.83. The van der Waals surface area contributed by atoms with Gasteiger partial charge in [0.1, 0.15) is 5.82 Å². The van der Waals surface area contributed by atoms with Gasteiger partial charge in [-0.05, 0) is 11.5 Å². The third kappa shape index (κ3) is 1.96. The molecule has 0 atom stereocenters. The Balaban J connectivity index is 2.49. The summed E-state index contributed by atoms with van der Waals surface area (Å²) in [4.78, 5) is 1.84. The first-order chi connectivity index (χ1) is 7.39. The first kappa shape index (κ1) is 11.2. The third-order valence-electron chi connectivity index (χ3n) is 2.83. The van der Waals surface area contributed by atoms with E-state index in [4.69, 9.17) is 0 Å². The van der Waals surface area contributed by atoms with Gasteiger partial charge in [-0.3, -0.25) is 0 Å². The first-order valence-corrected chi connectivity index (χ1v) is 5.33. The van der Waals surface area contributed by atoms with Crippen LogP contribution in [-0.2, 0) is 0 Å². The van der Waals surface area contributed by atoms with Gasteiger partial charge in [0.25, 0.3) is 0 Å². The Bertz CT molecular complexity index is 416. The number of hydrogen-bond acceptors (Lipinski definition) is 2. The van der Waals surface area contributed by atoms with E-state index < -0.39 is 11.6 Å². The topological polar surface area (TPSA) is 15.3 Å². The second-order valence-electron chi connectivity index (χ2n) is 5.16. The normalized spacial score (nSPS) is 18.7. The van der Waals surface area contributed by atoms with Gasteiger partial charge in [0.15, 0.2) is 5.82 Å². The number of benzene rings is 1. The molecule has 1 aliphatic heterocycles. The standard InChI is InChI=1S/C12H16F2N2/c1-12(2)6-15-10-5-8(13)4-9(14)11(10)16(3)7-12/h4-5,15H,6-7H2,1-3H3. The van der Waals surface area contributed by atoms with Crippen molar-refractivity contribution in [3.63, 3.8) is 0 Å². The number of fused-ring (bicyclic) bond motifs is 1. The van der Waals surface area contributed by atoms with E-state index in [-0.39, 0.29) is 5.41 Å². The van der Waals surface area contributed by atoms with Crippen LogP contribution >= 0.6 is 0 Å². The Hall–Kier alpha value is -1.32. The minimum absolute atomic E-state index is 0.0245. The van der Waals surface area contributed by atoms with E-state index in [1.54, 1.807) is 0 Å². The summed E-state index contributed by atoms with van der Waals surface area (Å²) in [5, 5.41) is 3.11. The highest BCUT2D eigenvalue weighted by atomic mass is 19.1. The fourth-order valence-corrected chi connectivity index (χ4v) is 2.20. The van der Waals surface area contributed by atoms with Crippen LogP contribution < -0.4 is 10.2 Å². The lowest BCUT2D eigenvalue weighted by Gasteiger charge is -2.27. The minimum Gasteiger partial charge on any atom is -0.383 e. The van der Waals surface area contributed by atoms with Crippen LogP contribution in [-0.4, -0.2) is 20.1 Å². The maximum Gasteiger partial charge on any atom is 0.151 e. The van der Waals surface area contributed by atoms with Crippen molar-refractivity contribution >= 4 is 11.4 Å². The van der Waals surface area contributed by atoms with Gasteiger partial charge in [0.05, 0.1) is 11.4 Å². The summed E-state index contributed by atoms with van der Waals surface area (Å²) in [6, 6.07) is 2.27. The highest BCUT2D eigenvalue weighted by Gasteiger charge is 2.27. The van der Waals surface area contributed by atoms with Crippen molar-refractivity contribution in [3.8, 4) is 0 Å². The molecule has 1 N–H and O–H groups in total. The summed E-state index contributed by atoms with van der Waals surface area (Å²) in [6.45, 7) is 5.62. The summed E-state index contributed by atoms with van der Waals surface area (Å²) < 4.78 is 26.8. The van der Waals surface area contributed by atoms with Gasteiger partial charge in [0.2, 0.25) is 0 Å². The molecule has 0 unspecified atom stereocenters. The summed E-state index contributed by atoms with van der Waals surface area (Å²) in [5.74, 6) is -1.06. The van der Waals surface area contributed by atoms with Crippen LogP contribution in [0.25, 0.3) is 0 Å². The molecule has 0 spiro atoms. The monoisotopic (exact) mass is 226 g/mol. The number of hydrogen-bond donors (Lipinski definition) is 1. The summed E-state index contributed by atoms with van der Waals surface area (Å²) in [5.41, 5.74) is 1.01. The number of nitrogens with one attached hydrogen (secondary N) is 1. The molecule has 0 saturated carbocycles.